The summed E-state index contributed by atoms with van der Waals surface area (Å²) >= 11 is 0. The Kier molecular flexibility index (Phi) is 4.02. The number of nitrogens with two attached hydrogens (primary N) is 1. The Bertz CT molecular complexity index is 661. The maximum absolute atomic E-state index is 12.1. The number of anilines is 2. The highest BCUT2D eigenvalue weighted by atomic mass is 16.2. The number of nitrogen functional groups attached to an aromatic ring is 1. The average molecular weight is 286 g/mol. The summed E-state index contributed by atoms with van der Waals surface area (Å²) in [6.07, 6.45) is 1.72. The van der Waals surface area contributed by atoms with Crippen molar-refractivity contribution in [2.24, 2.45) is 0 Å². The zero-order valence-electron chi connectivity index (χ0n) is 12.9. The van der Waals surface area contributed by atoms with E-state index in [-0.39, 0.29) is 17.5 Å². The number of pyridine rings is 1. The first-order valence-corrected chi connectivity index (χ1v) is 7.00. The lowest BCUT2D eigenvalue weighted by Gasteiger charge is -2.24. The average Bonchev–Trinajstić information content (AvgIpc) is 2.40. The maximum atomic E-state index is 12.1. The Morgan fingerprint density at radius 2 is 2.00 bits per heavy atom. The molecule has 0 saturated heterocycles. The summed E-state index contributed by atoms with van der Waals surface area (Å²) in [7, 11) is 0. The van der Waals surface area contributed by atoms with Crippen LogP contribution in [0.4, 0.5) is 11.4 Å². The number of benzene rings is 1. The van der Waals surface area contributed by atoms with Crippen molar-refractivity contribution in [3.63, 3.8) is 0 Å². The van der Waals surface area contributed by atoms with Gasteiger partial charge in [0.2, 0.25) is 5.91 Å². The number of rotatable bonds is 3. The van der Waals surface area contributed by atoms with Gasteiger partial charge in [-0.05, 0) is 52.0 Å². The van der Waals surface area contributed by atoms with Gasteiger partial charge in [0.15, 0.2) is 0 Å². The van der Waals surface area contributed by atoms with Gasteiger partial charge in [0.25, 0.3) is 0 Å². The second kappa shape index (κ2) is 5.60. The van der Waals surface area contributed by atoms with Gasteiger partial charge in [-0.25, -0.2) is 0 Å². The van der Waals surface area contributed by atoms with Crippen molar-refractivity contribution in [1.29, 1.82) is 0 Å². The molecule has 0 bridgehead atoms. The van der Waals surface area contributed by atoms with E-state index < -0.39 is 0 Å². The smallest absolute Gasteiger partial charge is 0.242 e. The minimum absolute atomic E-state index is 0.0524. The van der Waals surface area contributed by atoms with Crippen molar-refractivity contribution in [1.82, 2.24) is 10.3 Å². The predicted octanol–water partition coefficient (Wildman–Crippen LogP) is 2.53. The van der Waals surface area contributed by atoms with Crippen molar-refractivity contribution < 1.29 is 4.79 Å². The molecule has 0 saturated carbocycles. The molecule has 21 heavy (non-hydrogen) atoms. The van der Waals surface area contributed by atoms with Gasteiger partial charge in [-0.15, -0.1) is 0 Å². The summed E-state index contributed by atoms with van der Waals surface area (Å²) in [5.74, 6) is -0.0524. The van der Waals surface area contributed by atoms with Crippen LogP contribution in [0.3, 0.4) is 0 Å². The van der Waals surface area contributed by atoms with Crippen LogP contribution in [0.15, 0.2) is 30.5 Å². The lowest BCUT2D eigenvalue weighted by molar-refractivity contribution is -0.122. The molecule has 0 fully saturated rings. The maximum Gasteiger partial charge on any atom is 0.242 e. The van der Waals surface area contributed by atoms with Gasteiger partial charge < -0.3 is 16.4 Å². The molecule has 1 amide bonds. The Balaban J connectivity index is 2.24. The van der Waals surface area contributed by atoms with Crippen LogP contribution in [0.5, 0.6) is 0 Å². The number of nitrogens with one attached hydrogen (secondary N) is 2. The molecule has 0 aliphatic rings. The Labute approximate surface area is 124 Å². The van der Waals surface area contributed by atoms with Crippen LogP contribution in [-0.4, -0.2) is 22.5 Å². The van der Waals surface area contributed by atoms with E-state index in [9.17, 15) is 4.79 Å². The van der Waals surface area contributed by atoms with Gasteiger partial charge >= 0.3 is 0 Å². The first kappa shape index (κ1) is 15.1. The number of amides is 1. The number of fused-ring (bicyclic) bond motifs is 1. The van der Waals surface area contributed by atoms with Crippen LogP contribution in [0.2, 0.25) is 0 Å². The van der Waals surface area contributed by atoms with Crippen LogP contribution in [0.1, 0.15) is 27.7 Å². The second-order valence-electron chi connectivity index (χ2n) is 6.21. The summed E-state index contributed by atoms with van der Waals surface area (Å²) in [6, 6.07) is 7.07. The molecular formula is C16H22N4O. The van der Waals surface area contributed by atoms with E-state index >= 15 is 0 Å². The quantitative estimate of drug-likeness (QED) is 0.757. The monoisotopic (exact) mass is 286 g/mol. The van der Waals surface area contributed by atoms with Gasteiger partial charge in [-0.2, -0.15) is 0 Å². The van der Waals surface area contributed by atoms with Crippen molar-refractivity contribution in [3.05, 3.63) is 30.5 Å². The first-order chi connectivity index (χ1) is 9.78. The van der Waals surface area contributed by atoms with Crippen LogP contribution in [0, 0.1) is 0 Å². The standard InChI is InChI=1S/C16H22N4O/c1-10(15(21)20-16(2,3)4)19-13-8-7-12(17)11-6-5-9-18-14(11)13/h5-10,19H,17H2,1-4H3,(H,20,21). The largest absolute Gasteiger partial charge is 0.398 e. The molecule has 1 aromatic heterocycles. The third-order valence-electron chi connectivity index (χ3n) is 3.07. The highest BCUT2D eigenvalue weighted by Gasteiger charge is 2.19. The van der Waals surface area contributed by atoms with Crippen molar-refractivity contribution in [3.8, 4) is 0 Å². The minimum Gasteiger partial charge on any atom is -0.398 e. The van der Waals surface area contributed by atoms with Gasteiger partial charge in [-0.3, -0.25) is 9.78 Å². The zero-order valence-corrected chi connectivity index (χ0v) is 12.9. The molecule has 1 heterocycles. The number of carbonyl (C=O) groups excluding carboxylic acids is 1. The minimum atomic E-state index is -0.363. The summed E-state index contributed by atoms with van der Waals surface area (Å²) in [6.45, 7) is 7.69. The summed E-state index contributed by atoms with van der Waals surface area (Å²) in [5, 5.41) is 7.04. The highest BCUT2D eigenvalue weighted by Crippen LogP contribution is 2.26. The number of aromatic nitrogens is 1. The van der Waals surface area contributed by atoms with Crippen LogP contribution >= 0.6 is 0 Å². The van der Waals surface area contributed by atoms with Crippen molar-refractivity contribution >= 4 is 28.2 Å². The Hall–Kier alpha value is -2.30. The van der Waals surface area contributed by atoms with E-state index in [0.29, 0.717) is 5.69 Å². The fourth-order valence-corrected chi connectivity index (χ4v) is 2.09. The summed E-state index contributed by atoms with van der Waals surface area (Å²) in [5.41, 5.74) is 7.95. The van der Waals surface area contributed by atoms with E-state index in [4.69, 9.17) is 5.73 Å². The molecule has 0 aliphatic heterocycles. The molecular weight excluding hydrogens is 264 g/mol. The number of nitrogens with zero attached hydrogens (tertiary/aromatic N) is 1. The topological polar surface area (TPSA) is 80.0 Å². The van der Waals surface area contributed by atoms with Gasteiger partial charge in [0.1, 0.15) is 6.04 Å². The van der Waals surface area contributed by atoms with E-state index in [0.717, 1.165) is 16.6 Å². The number of hydrogen-bond donors (Lipinski definition) is 3. The van der Waals surface area contributed by atoms with E-state index in [1.165, 1.54) is 0 Å². The van der Waals surface area contributed by atoms with Gasteiger partial charge in [-0.1, -0.05) is 0 Å². The van der Waals surface area contributed by atoms with Crippen molar-refractivity contribution in [2.45, 2.75) is 39.3 Å². The summed E-state index contributed by atoms with van der Waals surface area (Å²) < 4.78 is 0. The van der Waals surface area contributed by atoms with E-state index in [1.807, 2.05) is 52.0 Å². The number of carbonyl (C=O) groups is 1. The second-order valence-corrected chi connectivity index (χ2v) is 6.21. The normalized spacial score (nSPS) is 13.0. The zero-order chi connectivity index (χ0) is 15.6. The molecule has 5 heteroatoms. The predicted molar refractivity (Wildman–Crippen MR) is 87.1 cm³/mol. The molecule has 0 radical (unpaired) electrons. The SMILES string of the molecule is CC(Nc1ccc(N)c2cccnc12)C(=O)NC(C)(C)C. The molecule has 2 rings (SSSR count). The molecule has 112 valence electrons. The van der Waals surface area contributed by atoms with Crippen LogP contribution in [0.25, 0.3) is 10.9 Å². The molecule has 2 aromatic rings. The van der Waals surface area contributed by atoms with Crippen LogP contribution < -0.4 is 16.4 Å². The summed E-state index contributed by atoms with van der Waals surface area (Å²) in [4.78, 5) is 16.5. The fourth-order valence-electron chi connectivity index (χ4n) is 2.09. The van der Waals surface area contributed by atoms with E-state index in [1.54, 1.807) is 6.20 Å². The van der Waals surface area contributed by atoms with Crippen LogP contribution in [-0.2, 0) is 4.79 Å². The Morgan fingerprint density at radius 1 is 1.29 bits per heavy atom. The van der Waals surface area contributed by atoms with E-state index in [2.05, 4.69) is 15.6 Å². The molecule has 0 aliphatic carbocycles. The fraction of sp³-hybridized carbons (Fsp3) is 0.375. The lowest BCUT2D eigenvalue weighted by Crippen LogP contribution is -2.47. The highest BCUT2D eigenvalue weighted by molar-refractivity contribution is 5.99. The van der Waals surface area contributed by atoms with Gasteiger partial charge in [0, 0.05) is 22.8 Å². The number of hydrogen-bond acceptors (Lipinski definition) is 4. The molecule has 4 N–H and O–H groups in total. The molecule has 5 nitrogen and oxygen atoms in total. The molecule has 1 aromatic carbocycles. The van der Waals surface area contributed by atoms with Gasteiger partial charge in [0.05, 0.1) is 11.2 Å². The third kappa shape index (κ3) is 3.62. The Morgan fingerprint density at radius 3 is 2.67 bits per heavy atom. The lowest BCUT2D eigenvalue weighted by atomic mass is 10.1. The first-order valence-electron chi connectivity index (χ1n) is 7.00. The molecule has 1 unspecified atom stereocenters. The van der Waals surface area contributed by atoms with Crippen molar-refractivity contribution in [2.75, 3.05) is 11.1 Å². The molecule has 0 spiro atoms. The third-order valence-corrected chi connectivity index (χ3v) is 3.07. The molecule has 1 atom stereocenters.